The number of carbonyl (C=O) groups excluding carboxylic acids is 1. The van der Waals surface area contributed by atoms with E-state index in [9.17, 15) is 4.79 Å². The molecule has 3 rings (SSSR count). The Kier molecular flexibility index (Phi) is 4.93. The van der Waals surface area contributed by atoms with Gasteiger partial charge in [0.15, 0.2) is 0 Å². The Hall–Kier alpha value is -2.33. The molecular weight excluding hydrogens is 286 g/mol. The summed E-state index contributed by atoms with van der Waals surface area (Å²) in [5, 5.41) is 3.07. The van der Waals surface area contributed by atoms with E-state index in [-0.39, 0.29) is 11.9 Å². The largest absolute Gasteiger partial charge is 0.399 e. The summed E-state index contributed by atoms with van der Waals surface area (Å²) in [7, 11) is 0. The van der Waals surface area contributed by atoms with Crippen molar-refractivity contribution in [3.05, 3.63) is 65.7 Å². The number of nitrogens with zero attached hydrogens (tertiary/aromatic N) is 1. The molecule has 2 aromatic rings. The molecule has 0 saturated carbocycles. The zero-order valence-corrected chi connectivity index (χ0v) is 13.2. The number of amides is 1. The van der Waals surface area contributed by atoms with Gasteiger partial charge in [0.05, 0.1) is 6.04 Å². The van der Waals surface area contributed by atoms with Crippen LogP contribution in [0.3, 0.4) is 0 Å². The minimum atomic E-state index is -0.0508. The van der Waals surface area contributed by atoms with E-state index in [1.165, 1.54) is 18.4 Å². The summed E-state index contributed by atoms with van der Waals surface area (Å²) in [5.41, 5.74) is 8.24. The van der Waals surface area contributed by atoms with E-state index >= 15 is 0 Å². The molecule has 0 spiro atoms. The lowest BCUT2D eigenvalue weighted by molar-refractivity contribution is 0.0938. The molecule has 3 N–H and O–H groups in total. The Morgan fingerprint density at radius 2 is 1.70 bits per heavy atom. The number of nitrogens with two attached hydrogens (primary N) is 1. The lowest BCUT2D eigenvalue weighted by Crippen LogP contribution is -2.36. The minimum Gasteiger partial charge on any atom is -0.399 e. The number of rotatable bonds is 5. The fourth-order valence-electron chi connectivity index (χ4n) is 3.11. The van der Waals surface area contributed by atoms with Crippen LogP contribution in [0.1, 0.15) is 34.8 Å². The number of carbonyl (C=O) groups is 1. The highest BCUT2D eigenvalue weighted by Crippen LogP contribution is 2.24. The van der Waals surface area contributed by atoms with Gasteiger partial charge in [0.2, 0.25) is 0 Å². The Bertz CT molecular complexity index is 633. The first-order valence-electron chi connectivity index (χ1n) is 8.17. The predicted molar refractivity (Wildman–Crippen MR) is 93.2 cm³/mol. The van der Waals surface area contributed by atoms with Crippen molar-refractivity contribution in [3.63, 3.8) is 0 Å². The van der Waals surface area contributed by atoms with Gasteiger partial charge in [-0.05, 0) is 55.8 Å². The molecule has 1 heterocycles. The quantitative estimate of drug-likeness (QED) is 0.835. The molecule has 1 aliphatic rings. The van der Waals surface area contributed by atoms with Crippen molar-refractivity contribution < 1.29 is 4.79 Å². The smallest absolute Gasteiger partial charge is 0.251 e. The Morgan fingerprint density at radius 1 is 1.04 bits per heavy atom. The normalized spacial score (nSPS) is 16.2. The van der Waals surface area contributed by atoms with Crippen LogP contribution in [0.2, 0.25) is 0 Å². The van der Waals surface area contributed by atoms with Crippen molar-refractivity contribution in [2.75, 3.05) is 25.4 Å². The third kappa shape index (κ3) is 3.90. The van der Waals surface area contributed by atoms with Crippen molar-refractivity contribution >= 4 is 11.6 Å². The maximum Gasteiger partial charge on any atom is 0.251 e. The van der Waals surface area contributed by atoms with E-state index in [2.05, 4.69) is 34.5 Å². The number of nitrogen functional groups attached to an aromatic ring is 1. The zero-order chi connectivity index (χ0) is 16.1. The van der Waals surface area contributed by atoms with E-state index in [4.69, 9.17) is 5.73 Å². The summed E-state index contributed by atoms with van der Waals surface area (Å²) in [6, 6.07) is 17.7. The molecule has 1 saturated heterocycles. The molecule has 2 aromatic carbocycles. The first-order valence-corrected chi connectivity index (χ1v) is 8.17. The van der Waals surface area contributed by atoms with Gasteiger partial charge < -0.3 is 11.1 Å². The highest BCUT2D eigenvalue weighted by molar-refractivity contribution is 5.94. The zero-order valence-electron chi connectivity index (χ0n) is 13.2. The van der Waals surface area contributed by atoms with Gasteiger partial charge in [0, 0.05) is 17.8 Å². The number of benzene rings is 2. The van der Waals surface area contributed by atoms with Gasteiger partial charge in [-0.15, -0.1) is 0 Å². The van der Waals surface area contributed by atoms with Gasteiger partial charge in [-0.25, -0.2) is 0 Å². The second-order valence-corrected chi connectivity index (χ2v) is 6.00. The van der Waals surface area contributed by atoms with Gasteiger partial charge in [-0.3, -0.25) is 9.69 Å². The molecule has 23 heavy (non-hydrogen) atoms. The summed E-state index contributed by atoms with van der Waals surface area (Å²) in [4.78, 5) is 14.8. The van der Waals surface area contributed by atoms with Gasteiger partial charge in [0.1, 0.15) is 0 Å². The van der Waals surface area contributed by atoms with Crippen LogP contribution in [0.4, 0.5) is 5.69 Å². The molecule has 0 aliphatic carbocycles. The number of anilines is 1. The topological polar surface area (TPSA) is 58.4 Å². The van der Waals surface area contributed by atoms with E-state index in [1.54, 1.807) is 24.3 Å². The van der Waals surface area contributed by atoms with E-state index in [0.717, 1.165) is 13.1 Å². The maximum absolute atomic E-state index is 12.3. The lowest BCUT2D eigenvalue weighted by atomic mass is 10.1. The Labute approximate surface area is 137 Å². The first kappa shape index (κ1) is 15.6. The van der Waals surface area contributed by atoms with Crippen LogP contribution in [-0.2, 0) is 0 Å². The van der Waals surface area contributed by atoms with Crippen LogP contribution in [0.5, 0.6) is 0 Å². The van der Waals surface area contributed by atoms with Crippen molar-refractivity contribution in [2.45, 2.75) is 18.9 Å². The van der Waals surface area contributed by atoms with E-state index in [1.807, 2.05) is 6.07 Å². The molecule has 1 fully saturated rings. The van der Waals surface area contributed by atoms with E-state index < -0.39 is 0 Å². The van der Waals surface area contributed by atoms with Crippen LogP contribution < -0.4 is 11.1 Å². The van der Waals surface area contributed by atoms with E-state index in [0.29, 0.717) is 17.8 Å². The highest BCUT2D eigenvalue weighted by atomic mass is 16.1. The molecule has 1 unspecified atom stereocenters. The average molecular weight is 309 g/mol. The molecule has 4 heteroatoms. The molecule has 0 radical (unpaired) electrons. The van der Waals surface area contributed by atoms with Gasteiger partial charge in [0.25, 0.3) is 5.91 Å². The monoisotopic (exact) mass is 309 g/mol. The van der Waals surface area contributed by atoms with Crippen LogP contribution >= 0.6 is 0 Å². The predicted octanol–water partition coefficient (Wildman–Crippen LogP) is 2.84. The van der Waals surface area contributed by atoms with Crippen LogP contribution in [0.25, 0.3) is 0 Å². The molecule has 4 nitrogen and oxygen atoms in total. The summed E-state index contributed by atoms with van der Waals surface area (Å²) < 4.78 is 0. The third-order valence-corrected chi connectivity index (χ3v) is 4.39. The fraction of sp³-hybridized carbons (Fsp3) is 0.316. The van der Waals surface area contributed by atoms with Gasteiger partial charge >= 0.3 is 0 Å². The van der Waals surface area contributed by atoms with Crippen LogP contribution in [-0.4, -0.2) is 30.4 Å². The number of nitrogens with one attached hydrogen (secondary N) is 1. The lowest BCUT2D eigenvalue weighted by Gasteiger charge is -2.28. The van der Waals surface area contributed by atoms with Gasteiger partial charge in [-0.1, -0.05) is 30.3 Å². The molecule has 1 aliphatic heterocycles. The molecular formula is C19H23N3O. The van der Waals surface area contributed by atoms with Crippen LogP contribution in [0.15, 0.2) is 54.6 Å². The standard InChI is InChI=1S/C19H23N3O/c20-17-10-8-16(9-11-17)19(23)21-14-18(22-12-4-5-13-22)15-6-2-1-3-7-15/h1-3,6-11,18H,4-5,12-14,20H2,(H,21,23). The van der Waals surface area contributed by atoms with Crippen molar-refractivity contribution in [2.24, 2.45) is 0 Å². The minimum absolute atomic E-state index is 0.0508. The van der Waals surface area contributed by atoms with Gasteiger partial charge in [-0.2, -0.15) is 0 Å². The molecule has 1 atom stereocenters. The second-order valence-electron chi connectivity index (χ2n) is 6.00. The van der Waals surface area contributed by atoms with Crippen LogP contribution in [0, 0.1) is 0 Å². The SMILES string of the molecule is Nc1ccc(C(=O)NCC(c2ccccc2)N2CCCC2)cc1. The number of hydrogen-bond acceptors (Lipinski definition) is 3. The number of hydrogen-bond donors (Lipinski definition) is 2. The average Bonchev–Trinajstić information content (AvgIpc) is 3.11. The molecule has 0 aromatic heterocycles. The van der Waals surface area contributed by atoms with Crippen molar-refractivity contribution in [1.82, 2.24) is 10.2 Å². The third-order valence-electron chi connectivity index (χ3n) is 4.39. The maximum atomic E-state index is 12.3. The highest BCUT2D eigenvalue weighted by Gasteiger charge is 2.23. The Morgan fingerprint density at radius 3 is 2.35 bits per heavy atom. The van der Waals surface area contributed by atoms with Crippen molar-refractivity contribution in [1.29, 1.82) is 0 Å². The molecule has 1 amide bonds. The fourth-order valence-corrected chi connectivity index (χ4v) is 3.11. The summed E-state index contributed by atoms with van der Waals surface area (Å²) in [5.74, 6) is -0.0508. The van der Waals surface area contributed by atoms with Crippen molar-refractivity contribution in [3.8, 4) is 0 Å². The molecule has 120 valence electrons. The summed E-state index contributed by atoms with van der Waals surface area (Å²) in [6.45, 7) is 2.81. The summed E-state index contributed by atoms with van der Waals surface area (Å²) >= 11 is 0. The number of likely N-dealkylation sites (tertiary alicyclic amines) is 1. The first-order chi connectivity index (χ1) is 11.2. The second kappa shape index (κ2) is 7.29. The molecule has 0 bridgehead atoms. The summed E-state index contributed by atoms with van der Waals surface area (Å²) in [6.07, 6.45) is 2.46. The Balaban J connectivity index is 1.69.